The smallest absolute Gasteiger partial charge is 0.251 e. The summed E-state index contributed by atoms with van der Waals surface area (Å²) in [5.41, 5.74) is 2.89. The normalized spacial score (nSPS) is 15.7. The highest BCUT2D eigenvalue weighted by Gasteiger charge is 2.27. The third-order valence-electron chi connectivity index (χ3n) is 5.91. The molecule has 0 unspecified atom stereocenters. The van der Waals surface area contributed by atoms with E-state index in [1.165, 1.54) is 24.3 Å². The number of para-hydroxylation sites is 1. The number of carbonyl (C=O) groups is 1. The average Bonchev–Trinajstić information content (AvgIpc) is 3.27. The van der Waals surface area contributed by atoms with Gasteiger partial charge >= 0.3 is 0 Å². The number of benzene rings is 3. The molecule has 2 heterocycles. The number of aryl methyl sites for hydroxylation is 1. The molecular weight excluding hydrogens is 419 g/mol. The van der Waals surface area contributed by atoms with E-state index in [0.29, 0.717) is 30.0 Å². The van der Waals surface area contributed by atoms with Crippen molar-refractivity contribution in [1.82, 2.24) is 15.3 Å². The number of carbonyl (C=O) groups excluding carboxylic acids is 1. The number of anilines is 1. The fourth-order valence-electron chi connectivity index (χ4n) is 4.19. The number of halogens is 1. The van der Waals surface area contributed by atoms with Gasteiger partial charge in [0.15, 0.2) is 5.82 Å². The minimum absolute atomic E-state index is 0. The van der Waals surface area contributed by atoms with Crippen molar-refractivity contribution in [3.63, 3.8) is 0 Å². The summed E-state index contributed by atoms with van der Waals surface area (Å²) in [4.78, 5) is 24.3. The summed E-state index contributed by atoms with van der Waals surface area (Å²) in [6, 6.07) is 18.5. The summed E-state index contributed by atoms with van der Waals surface area (Å²) in [6.07, 6.45) is 0.760. The molecular formula is C26H27FN4O2. The number of nitrogens with zero attached hydrogens (tertiary/aromatic N) is 3. The van der Waals surface area contributed by atoms with Crippen LogP contribution in [0.3, 0.4) is 0 Å². The van der Waals surface area contributed by atoms with Crippen LogP contribution in [0, 0.1) is 12.7 Å². The second-order valence-electron chi connectivity index (χ2n) is 8.32. The summed E-state index contributed by atoms with van der Waals surface area (Å²) in [6.45, 7) is 3.32. The standard InChI is InChI=1S/C26H23FN4O2.2H2/c1-16-6-11-20-22(14-16)29-24(21-4-2-3-5-23(21)32)30-25(20)31-13-12-19(15-31)28-26(33)17-7-9-18(27)10-8-17;;/h2-11,14,19,32H,12-13,15H2,1H3,(H,28,33);2*1H/t19-;;/m1../s1. The molecule has 7 heteroatoms. The second-order valence-corrected chi connectivity index (χ2v) is 8.32. The molecule has 3 aromatic carbocycles. The first-order valence-electron chi connectivity index (χ1n) is 10.9. The maximum Gasteiger partial charge on any atom is 0.251 e. The quantitative estimate of drug-likeness (QED) is 0.464. The van der Waals surface area contributed by atoms with Gasteiger partial charge in [-0.1, -0.05) is 18.2 Å². The van der Waals surface area contributed by atoms with Crippen LogP contribution in [0.1, 0.15) is 25.2 Å². The van der Waals surface area contributed by atoms with Crippen LogP contribution in [-0.4, -0.2) is 40.1 Å². The van der Waals surface area contributed by atoms with Crippen molar-refractivity contribution in [3.8, 4) is 17.1 Å². The van der Waals surface area contributed by atoms with Gasteiger partial charge in [-0.3, -0.25) is 4.79 Å². The van der Waals surface area contributed by atoms with Crippen molar-refractivity contribution in [2.75, 3.05) is 18.0 Å². The highest BCUT2D eigenvalue weighted by Crippen LogP contribution is 2.33. The molecule has 0 radical (unpaired) electrons. The Hall–Kier alpha value is -4.00. The summed E-state index contributed by atoms with van der Waals surface area (Å²) in [7, 11) is 0. The van der Waals surface area contributed by atoms with E-state index in [-0.39, 0.29) is 26.4 Å². The molecule has 1 saturated heterocycles. The fourth-order valence-corrected chi connectivity index (χ4v) is 4.19. The zero-order chi connectivity index (χ0) is 22.9. The van der Waals surface area contributed by atoms with Crippen molar-refractivity contribution < 1.29 is 17.1 Å². The van der Waals surface area contributed by atoms with E-state index in [2.05, 4.69) is 10.2 Å². The van der Waals surface area contributed by atoms with Gasteiger partial charge in [0.05, 0.1) is 11.1 Å². The van der Waals surface area contributed by atoms with Gasteiger partial charge in [0, 0.05) is 32.9 Å². The van der Waals surface area contributed by atoms with Crippen LogP contribution in [0.4, 0.5) is 10.2 Å². The Kier molecular flexibility index (Phi) is 5.38. The number of nitrogens with one attached hydrogen (secondary N) is 1. The molecule has 2 N–H and O–H groups in total. The van der Waals surface area contributed by atoms with E-state index in [9.17, 15) is 14.3 Å². The maximum atomic E-state index is 13.2. The number of hydrogen-bond acceptors (Lipinski definition) is 5. The Bertz CT molecular complexity index is 1350. The molecule has 0 saturated carbocycles. The van der Waals surface area contributed by atoms with Gasteiger partial charge in [-0.2, -0.15) is 0 Å². The van der Waals surface area contributed by atoms with Crippen LogP contribution in [0.25, 0.3) is 22.3 Å². The minimum Gasteiger partial charge on any atom is -0.507 e. The van der Waals surface area contributed by atoms with Gasteiger partial charge in [0.25, 0.3) is 5.91 Å². The molecule has 170 valence electrons. The highest BCUT2D eigenvalue weighted by atomic mass is 19.1. The summed E-state index contributed by atoms with van der Waals surface area (Å²) in [5, 5.41) is 14.3. The predicted octanol–water partition coefficient (Wildman–Crippen LogP) is 4.95. The van der Waals surface area contributed by atoms with Crippen LogP contribution in [0.15, 0.2) is 66.7 Å². The number of fused-ring (bicyclic) bond motifs is 1. The van der Waals surface area contributed by atoms with Crippen molar-refractivity contribution in [3.05, 3.63) is 83.7 Å². The fraction of sp³-hybridized carbons (Fsp3) is 0.192. The van der Waals surface area contributed by atoms with E-state index in [0.717, 1.165) is 28.7 Å². The molecule has 1 aromatic heterocycles. The lowest BCUT2D eigenvalue weighted by atomic mass is 10.1. The molecule has 1 fully saturated rings. The number of hydrogen-bond donors (Lipinski definition) is 2. The van der Waals surface area contributed by atoms with Crippen LogP contribution in [-0.2, 0) is 0 Å². The monoisotopic (exact) mass is 446 g/mol. The van der Waals surface area contributed by atoms with Crippen molar-refractivity contribution in [1.29, 1.82) is 0 Å². The van der Waals surface area contributed by atoms with E-state index >= 15 is 0 Å². The first-order valence-corrected chi connectivity index (χ1v) is 10.9. The summed E-state index contributed by atoms with van der Waals surface area (Å²) < 4.78 is 13.2. The molecule has 4 aromatic rings. The summed E-state index contributed by atoms with van der Waals surface area (Å²) in [5.74, 6) is 0.766. The maximum absolute atomic E-state index is 13.2. The van der Waals surface area contributed by atoms with Crippen LogP contribution in [0.2, 0.25) is 0 Å². The van der Waals surface area contributed by atoms with Crippen molar-refractivity contribution >= 4 is 22.6 Å². The minimum atomic E-state index is -0.371. The van der Waals surface area contributed by atoms with Gasteiger partial charge in [0.2, 0.25) is 0 Å². The van der Waals surface area contributed by atoms with Gasteiger partial charge in [-0.15, -0.1) is 0 Å². The van der Waals surface area contributed by atoms with Gasteiger partial charge in [0.1, 0.15) is 17.4 Å². The highest BCUT2D eigenvalue weighted by molar-refractivity contribution is 5.95. The molecule has 5 rings (SSSR count). The Balaban J connectivity index is 0.00000171. The second kappa shape index (κ2) is 8.50. The van der Waals surface area contributed by atoms with Gasteiger partial charge in [-0.25, -0.2) is 14.4 Å². The molecule has 0 bridgehead atoms. The molecule has 1 atom stereocenters. The van der Waals surface area contributed by atoms with E-state index in [1.807, 2.05) is 31.2 Å². The molecule has 1 amide bonds. The number of aromatic hydroxyl groups is 1. The zero-order valence-corrected chi connectivity index (χ0v) is 18.1. The van der Waals surface area contributed by atoms with Crippen molar-refractivity contribution in [2.24, 2.45) is 0 Å². The van der Waals surface area contributed by atoms with E-state index in [4.69, 9.17) is 9.97 Å². The number of phenolic OH excluding ortho intramolecular Hbond substituents is 1. The predicted molar refractivity (Wildman–Crippen MR) is 130 cm³/mol. The topological polar surface area (TPSA) is 78.4 Å². The number of aromatic nitrogens is 2. The number of rotatable bonds is 4. The lowest BCUT2D eigenvalue weighted by Gasteiger charge is -2.21. The number of phenols is 1. The average molecular weight is 447 g/mol. The van der Waals surface area contributed by atoms with Crippen molar-refractivity contribution in [2.45, 2.75) is 19.4 Å². The Morgan fingerprint density at radius 3 is 2.70 bits per heavy atom. The zero-order valence-electron chi connectivity index (χ0n) is 18.1. The molecule has 1 aliphatic heterocycles. The van der Waals surface area contributed by atoms with Crippen LogP contribution < -0.4 is 10.2 Å². The first-order chi connectivity index (χ1) is 16.0. The molecule has 0 aliphatic carbocycles. The molecule has 6 nitrogen and oxygen atoms in total. The van der Waals surface area contributed by atoms with E-state index < -0.39 is 0 Å². The van der Waals surface area contributed by atoms with Crippen LogP contribution in [0.5, 0.6) is 5.75 Å². The van der Waals surface area contributed by atoms with Crippen LogP contribution >= 0.6 is 0 Å². The third kappa shape index (κ3) is 4.22. The Morgan fingerprint density at radius 2 is 1.91 bits per heavy atom. The Morgan fingerprint density at radius 1 is 1.12 bits per heavy atom. The number of amides is 1. The van der Waals surface area contributed by atoms with E-state index in [1.54, 1.807) is 18.2 Å². The summed E-state index contributed by atoms with van der Waals surface area (Å²) >= 11 is 0. The van der Waals surface area contributed by atoms with Gasteiger partial charge in [-0.05, 0) is 67.4 Å². The molecule has 33 heavy (non-hydrogen) atoms. The first kappa shape index (κ1) is 20.9. The SMILES string of the molecule is Cc1ccc2c(N3CC[C@@H](NC(=O)c4ccc(F)cc4)C3)nc(-c3ccccc3O)nc2c1.[HH].[HH]. The largest absolute Gasteiger partial charge is 0.507 e. The Labute approximate surface area is 193 Å². The molecule has 0 spiro atoms. The molecule has 1 aliphatic rings. The third-order valence-corrected chi connectivity index (χ3v) is 5.91. The lowest BCUT2D eigenvalue weighted by Crippen LogP contribution is -2.37. The van der Waals surface area contributed by atoms with Gasteiger partial charge < -0.3 is 15.3 Å². The lowest BCUT2D eigenvalue weighted by molar-refractivity contribution is 0.0940.